The molecule has 0 unspecified atom stereocenters. The van der Waals surface area contributed by atoms with E-state index in [-0.39, 0.29) is 12.1 Å². The van der Waals surface area contributed by atoms with Crippen LogP contribution in [-0.2, 0) is 0 Å². The third-order valence-electron chi connectivity index (χ3n) is 4.52. The second-order valence-electron chi connectivity index (χ2n) is 7.16. The van der Waals surface area contributed by atoms with Crippen molar-refractivity contribution in [2.45, 2.75) is 66.0 Å². The predicted octanol–water partition coefficient (Wildman–Crippen LogP) is 5.85. The summed E-state index contributed by atoms with van der Waals surface area (Å²) in [5, 5.41) is 11.0. The number of nitrogens with zero attached hydrogens (tertiary/aromatic N) is 1. The van der Waals surface area contributed by atoms with Crippen molar-refractivity contribution >= 4 is 16.6 Å². The standard InChI is InChI=1S/C22H32N2O/c1-6-7-10-15-25-21-14-13-20(18-11-8-9-12-19(18)21)22(23)24(16(2)3)17(4)5/h8-9,11-14,16-17,23H,6-7,10,15H2,1-5H3. The maximum absolute atomic E-state index is 8.78. The number of nitrogens with one attached hydrogen (secondary N) is 1. The fourth-order valence-electron chi connectivity index (χ4n) is 3.39. The Morgan fingerprint density at radius 2 is 1.60 bits per heavy atom. The molecule has 0 amide bonds. The molecule has 0 saturated heterocycles. The number of fused-ring (bicyclic) bond motifs is 1. The second kappa shape index (κ2) is 8.89. The molecule has 3 nitrogen and oxygen atoms in total. The van der Waals surface area contributed by atoms with Crippen molar-refractivity contribution in [1.82, 2.24) is 4.90 Å². The van der Waals surface area contributed by atoms with Gasteiger partial charge in [-0.2, -0.15) is 0 Å². The van der Waals surface area contributed by atoms with E-state index in [1.54, 1.807) is 0 Å². The SMILES string of the molecule is CCCCCOc1ccc(C(=N)N(C(C)C)C(C)C)c2ccccc12. The average Bonchev–Trinajstić information content (AvgIpc) is 2.57. The lowest BCUT2D eigenvalue weighted by molar-refractivity contribution is 0.291. The number of unbranched alkanes of at least 4 members (excludes halogenated alkanes) is 2. The number of rotatable bonds is 8. The van der Waals surface area contributed by atoms with Crippen LogP contribution in [0, 0.1) is 5.41 Å². The molecule has 0 aromatic heterocycles. The first kappa shape index (κ1) is 19.3. The average molecular weight is 341 g/mol. The van der Waals surface area contributed by atoms with E-state index in [9.17, 15) is 0 Å². The van der Waals surface area contributed by atoms with Gasteiger partial charge in [0, 0.05) is 23.0 Å². The van der Waals surface area contributed by atoms with Gasteiger partial charge in [0.2, 0.25) is 0 Å². The van der Waals surface area contributed by atoms with Crippen LogP contribution in [0.25, 0.3) is 10.8 Å². The molecule has 0 atom stereocenters. The van der Waals surface area contributed by atoms with E-state index >= 15 is 0 Å². The lowest BCUT2D eigenvalue weighted by atomic mass is 10.0. The van der Waals surface area contributed by atoms with Gasteiger partial charge in [-0.15, -0.1) is 0 Å². The van der Waals surface area contributed by atoms with Crippen molar-refractivity contribution in [3.63, 3.8) is 0 Å². The van der Waals surface area contributed by atoms with Crippen molar-refractivity contribution in [3.8, 4) is 5.75 Å². The van der Waals surface area contributed by atoms with Gasteiger partial charge < -0.3 is 9.64 Å². The Bertz CT molecular complexity index is 698. The van der Waals surface area contributed by atoms with Crippen LogP contribution < -0.4 is 4.74 Å². The monoisotopic (exact) mass is 340 g/mol. The third kappa shape index (κ3) is 4.53. The van der Waals surface area contributed by atoms with Gasteiger partial charge in [0.05, 0.1) is 6.61 Å². The van der Waals surface area contributed by atoms with E-state index in [1.807, 2.05) is 24.3 Å². The highest BCUT2D eigenvalue weighted by Gasteiger charge is 2.20. The highest BCUT2D eigenvalue weighted by molar-refractivity contribution is 6.09. The predicted molar refractivity (Wildman–Crippen MR) is 108 cm³/mol. The summed E-state index contributed by atoms with van der Waals surface area (Å²) in [6.07, 6.45) is 3.47. The number of ether oxygens (including phenoxy) is 1. The molecule has 2 aromatic rings. The number of hydrogen-bond acceptors (Lipinski definition) is 2. The molecule has 0 spiro atoms. The van der Waals surface area contributed by atoms with Crippen molar-refractivity contribution in [2.24, 2.45) is 0 Å². The van der Waals surface area contributed by atoms with E-state index in [0.29, 0.717) is 5.84 Å². The summed E-state index contributed by atoms with van der Waals surface area (Å²) in [6, 6.07) is 12.9. The molecule has 136 valence electrons. The Morgan fingerprint density at radius 1 is 0.960 bits per heavy atom. The van der Waals surface area contributed by atoms with Crippen molar-refractivity contribution < 1.29 is 4.74 Å². The molecular weight excluding hydrogens is 308 g/mol. The first-order valence-corrected chi connectivity index (χ1v) is 9.49. The summed E-state index contributed by atoms with van der Waals surface area (Å²) in [7, 11) is 0. The van der Waals surface area contributed by atoms with Crippen molar-refractivity contribution in [1.29, 1.82) is 5.41 Å². The van der Waals surface area contributed by atoms with Gasteiger partial charge in [-0.1, -0.05) is 44.0 Å². The van der Waals surface area contributed by atoms with Gasteiger partial charge in [0.1, 0.15) is 11.6 Å². The summed E-state index contributed by atoms with van der Waals surface area (Å²) in [6.45, 7) is 11.5. The maximum atomic E-state index is 8.78. The van der Waals surface area contributed by atoms with E-state index in [1.165, 1.54) is 12.8 Å². The Labute approximate surface area is 152 Å². The Balaban J connectivity index is 2.38. The summed E-state index contributed by atoms with van der Waals surface area (Å²) in [4.78, 5) is 2.16. The summed E-state index contributed by atoms with van der Waals surface area (Å²) >= 11 is 0. The van der Waals surface area contributed by atoms with Gasteiger partial charge >= 0.3 is 0 Å². The zero-order valence-corrected chi connectivity index (χ0v) is 16.3. The highest BCUT2D eigenvalue weighted by atomic mass is 16.5. The lowest BCUT2D eigenvalue weighted by Gasteiger charge is -2.33. The Morgan fingerprint density at radius 3 is 2.20 bits per heavy atom. The van der Waals surface area contributed by atoms with Crippen LogP contribution in [0.1, 0.15) is 59.4 Å². The van der Waals surface area contributed by atoms with Gasteiger partial charge in [0.25, 0.3) is 0 Å². The summed E-state index contributed by atoms with van der Waals surface area (Å²) in [5.41, 5.74) is 0.971. The fraction of sp³-hybridized carbons (Fsp3) is 0.500. The van der Waals surface area contributed by atoms with E-state index in [2.05, 4.69) is 51.7 Å². The minimum absolute atomic E-state index is 0.288. The molecular formula is C22H32N2O. The Hall–Kier alpha value is -2.03. The summed E-state index contributed by atoms with van der Waals surface area (Å²) < 4.78 is 6.03. The molecule has 0 radical (unpaired) electrons. The van der Waals surface area contributed by atoms with Crippen LogP contribution >= 0.6 is 0 Å². The first-order chi connectivity index (χ1) is 12.0. The van der Waals surface area contributed by atoms with E-state index < -0.39 is 0 Å². The maximum Gasteiger partial charge on any atom is 0.129 e. The third-order valence-corrected chi connectivity index (χ3v) is 4.52. The van der Waals surface area contributed by atoms with Crippen LogP contribution in [0.4, 0.5) is 0 Å². The summed E-state index contributed by atoms with van der Waals surface area (Å²) in [5.74, 6) is 1.50. The highest BCUT2D eigenvalue weighted by Crippen LogP contribution is 2.30. The molecule has 0 aliphatic heterocycles. The van der Waals surface area contributed by atoms with Gasteiger partial charge in [-0.25, -0.2) is 0 Å². The molecule has 0 saturated carbocycles. The van der Waals surface area contributed by atoms with E-state index in [4.69, 9.17) is 10.1 Å². The second-order valence-corrected chi connectivity index (χ2v) is 7.16. The Kier molecular flexibility index (Phi) is 6.86. The molecule has 0 bridgehead atoms. The van der Waals surface area contributed by atoms with Crippen molar-refractivity contribution in [2.75, 3.05) is 6.61 Å². The quantitative estimate of drug-likeness (QED) is 0.371. The molecule has 0 aliphatic rings. The fourth-order valence-corrected chi connectivity index (χ4v) is 3.39. The van der Waals surface area contributed by atoms with Crippen molar-refractivity contribution in [3.05, 3.63) is 42.0 Å². The number of amidine groups is 1. The molecule has 0 aliphatic carbocycles. The molecule has 2 rings (SSSR count). The lowest BCUT2D eigenvalue weighted by Crippen LogP contribution is -2.42. The zero-order chi connectivity index (χ0) is 18.4. The molecule has 25 heavy (non-hydrogen) atoms. The smallest absolute Gasteiger partial charge is 0.129 e. The largest absolute Gasteiger partial charge is 0.493 e. The van der Waals surface area contributed by atoms with E-state index in [0.717, 1.165) is 35.1 Å². The van der Waals surface area contributed by atoms with Crippen LogP contribution in [-0.4, -0.2) is 29.4 Å². The van der Waals surface area contributed by atoms with Gasteiger partial charge in [0.15, 0.2) is 0 Å². The molecule has 0 fully saturated rings. The number of benzene rings is 2. The molecule has 2 aromatic carbocycles. The minimum Gasteiger partial charge on any atom is -0.493 e. The topological polar surface area (TPSA) is 36.3 Å². The van der Waals surface area contributed by atoms with Crippen LogP contribution in [0.3, 0.4) is 0 Å². The zero-order valence-electron chi connectivity index (χ0n) is 16.3. The molecule has 1 N–H and O–H groups in total. The van der Waals surface area contributed by atoms with Gasteiger partial charge in [-0.05, 0) is 51.6 Å². The molecule has 3 heteroatoms. The van der Waals surface area contributed by atoms with Crippen LogP contribution in [0.2, 0.25) is 0 Å². The number of hydrogen-bond donors (Lipinski definition) is 1. The normalized spacial score (nSPS) is 11.3. The minimum atomic E-state index is 0.288. The molecule has 0 heterocycles. The first-order valence-electron chi connectivity index (χ1n) is 9.49. The van der Waals surface area contributed by atoms with Crippen LogP contribution in [0.15, 0.2) is 36.4 Å². The van der Waals surface area contributed by atoms with Crippen LogP contribution in [0.5, 0.6) is 5.75 Å². The van der Waals surface area contributed by atoms with Gasteiger partial charge in [-0.3, -0.25) is 5.41 Å².